The van der Waals surface area contributed by atoms with Crippen molar-refractivity contribution >= 4 is 29.2 Å². The first-order valence-electron chi connectivity index (χ1n) is 5.37. The molecule has 0 aliphatic heterocycles. The van der Waals surface area contributed by atoms with Gasteiger partial charge >= 0.3 is 5.97 Å². The van der Waals surface area contributed by atoms with E-state index in [-0.39, 0.29) is 12.0 Å². The van der Waals surface area contributed by atoms with Crippen molar-refractivity contribution in [2.24, 2.45) is 0 Å². The van der Waals surface area contributed by atoms with Crippen LogP contribution in [0.5, 0.6) is 0 Å². The minimum absolute atomic E-state index is 0.205. The van der Waals surface area contributed by atoms with E-state index in [0.717, 1.165) is 0 Å². The van der Waals surface area contributed by atoms with Gasteiger partial charge in [0.1, 0.15) is 0 Å². The van der Waals surface area contributed by atoms with Crippen LogP contribution in [0.15, 0.2) is 35.1 Å². The van der Waals surface area contributed by atoms with Crippen LogP contribution >= 0.6 is 23.2 Å². The number of H-pyrrole nitrogens is 1. The number of nitrogens with one attached hydrogen (secondary N) is 1. The Morgan fingerprint density at radius 2 is 1.89 bits per heavy atom. The molecule has 0 bridgehead atoms. The zero-order chi connectivity index (χ0) is 14.0. The lowest BCUT2D eigenvalue weighted by atomic mass is 10.1. The molecular weight excluding hydrogens is 289 g/mol. The standard InChI is InChI=1S/C13H9Cl2NO3/c14-9-3-1-7(5-10(9)15)11-4-2-8(6-12(17)18)13(19)16-11/h1-5H,6H2,(H,16,19)(H,17,18). The third-order valence-electron chi connectivity index (χ3n) is 2.56. The van der Waals surface area contributed by atoms with Crippen molar-refractivity contribution in [1.82, 2.24) is 4.98 Å². The minimum atomic E-state index is -1.05. The van der Waals surface area contributed by atoms with Gasteiger partial charge in [-0.1, -0.05) is 35.3 Å². The van der Waals surface area contributed by atoms with Gasteiger partial charge in [0.25, 0.3) is 5.56 Å². The fourth-order valence-corrected chi connectivity index (χ4v) is 1.94. The van der Waals surface area contributed by atoms with Crippen LogP contribution in [0.25, 0.3) is 11.3 Å². The molecule has 0 radical (unpaired) electrons. The molecular formula is C13H9Cl2NO3. The van der Waals surface area contributed by atoms with Gasteiger partial charge in [-0.2, -0.15) is 0 Å². The quantitative estimate of drug-likeness (QED) is 0.915. The second kappa shape index (κ2) is 5.47. The zero-order valence-electron chi connectivity index (χ0n) is 9.61. The highest BCUT2D eigenvalue weighted by Crippen LogP contribution is 2.27. The molecule has 0 saturated heterocycles. The van der Waals surface area contributed by atoms with E-state index >= 15 is 0 Å². The highest BCUT2D eigenvalue weighted by atomic mass is 35.5. The second-order valence-corrected chi connectivity index (χ2v) is 4.74. The van der Waals surface area contributed by atoms with E-state index in [1.165, 1.54) is 6.07 Å². The van der Waals surface area contributed by atoms with Crippen LogP contribution in [0, 0.1) is 0 Å². The number of halogens is 2. The van der Waals surface area contributed by atoms with Gasteiger partial charge in [0.05, 0.1) is 16.5 Å². The van der Waals surface area contributed by atoms with Gasteiger partial charge in [0.15, 0.2) is 0 Å². The Kier molecular flexibility index (Phi) is 3.93. The topological polar surface area (TPSA) is 70.2 Å². The maximum absolute atomic E-state index is 11.7. The van der Waals surface area contributed by atoms with Crippen molar-refractivity contribution in [1.29, 1.82) is 0 Å². The Morgan fingerprint density at radius 1 is 1.16 bits per heavy atom. The van der Waals surface area contributed by atoms with Crippen LogP contribution in [0.2, 0.25) is 10.0 Å². The highest BCUT2D eigenvalue weighted by Gasteiger charge is 2.08. The number of aromatic amines is 1. The highest BCUT2D eigenvalue weighted by molar-refractivity contribution is 6.42. The molecule has 0 aliphatic rings. The molecule has 2 aromatic rings. The van der Waals surface area contributed by atoms with Crippen molar-refractivity contribution in [3.05, 3.63) is 56.3 Å². The number of benzene rings is 1. The smallest absolute Gasteiger partial charge is 0.308 e. The Bertz CT molecular complexity index is 695. The Hall–Kier alpha value is -1.78. The Morgan fingerprint density at radius 3 is 2.47 bits per heavy atom. The Labute approximate surface area is 118 Å². The molecule has 1 heterocycles. The van der Waals surface area contributed by atoms with E-state index < -0.39 is 11.5 Å². The number of aliphatic carboxylic acids is 1. The summed E-state index contributed by atoms with van der Waals surface area (Å²) in [5.74, 6) is -1.05. The van der Waals surface area contributed by atoms with Crippen LogP contribution in [0.4, 0.5) is 0 Å². The van der Waals surface area contributed by atoms with Gasteiger partial charge in [-0.15, -0.1) is 0 Å². The van der Waals surface area contributed by atoms with Crippen LogP contribution in [0.3, 0.4) is 0 Å². The first-order chi connectivity index (χ1) is 8.97. The lowest BCUT2D eigenvalue weighted by molar-refractivity contribution is -0.136. The molecule has 4 nitrogen and oxygen atoms in total. The zero-order valence-corrected chi connectivity index (χ0v) is 11.1. The van der Waals surface area contributed by atoms with E-state index in [0.29, 0.717) is 21.3 Å². The fourth-order valence-electron chi connectivity index (χ4n) is 1.64. The number of carbonyl (C=O) groups is 1. The number of aromatic nitrogens is 1. The maximum Gasteiger partial charge on any atom is 0.308 e. The van der Waals surface area contributed by atoms with E-state index in [1.54, 1.807) is 24.3 Å². The van der Waals surface area contributed by atoms with E-state index in [1.807, 2.05) is 0 Å². The molecule has 2 N–H and O–H groups in total. The van der Waals surface area contributed by atoms with Crippen LogP contribution < -0.4 is 5.56 Å². The van der Waals surface area contributed by atoms with Crippen LogP contribution in [-0.4, -0.2) is 16.1 Å². The first kappa shape index (κ1) is 13.6. The molecule has 19 heavy (non-hydrogen) atoms. The number of carboxylic acid groups (broad SMARTS) is 1. The van der Waals surface area contributed by atoms with Gasteiger partial charge in [-0.3, -0.25) is 9.59 Å². The summed E-state index contributed by atoms with van der Waals surface area (Å²) in [7, 11) is 0. The van der Waals surface area contributed by atoms with Gasteiger partial charge in [-0.25, -0.2) is 0 Å². The van der Waals surface area contributed by atoms with Gasteiger partial charge < -0.3 is 10.1 Å². The molecule has 0 spiro atoms. The average Bonchev–Trinajstić information content (AvgIpc) is 2.35. The van der Waals surface area contributed by atoms with E-state index in [9.17, 15) is 9.59 Å². The molecule has 0 atom stereocenters. The molecule has 1 aromatic carbocycles. The summed E-state index contributed by atoms with van der Waals surface area (Å²) in [4.78, 5) is 24.9. The number of pyridine rings is 1. The summed E-state index contributed by atoms with van der Waals surface area (Å²) < 4.78 is 0. The minimum Gasteiger partial charge on any atom is -0.481 e. The summed E-state index contributed by atoms with van der Waals surface area (Å²) in [6.45, 7) is 0. The molecule has 6 heteroatoms. The Balaban J connectivity index is 2.41. The maximum atomic E-state index is 11.7. The third kappa shape index (κ3) is 3.16. The molecule has 0 fully saturated rings. The SMILES string of the molecule is O=C(O)Cc1ccc(-c2ccc(Cl)c(Cl)c2)[nH]c1=O. The van der Waals surface area contributed by atoms with Crippen molar-refractivity contribution < 1.29 is 9.90 Å². The predicted molar refractivity (Wildman–Crippen MR) is 73.9 cm³/mol. The fraction of sp³-hybridized carbons (Fsp3) is 0.0769. The van der Waals surface area contributed by atoms with Crippen LogP contribution in [-0.2, 0) is 11.2 Å². The van der Waals surface area contributed by atoms with E-state index in [2.05, 4.69) is 4.98 Å². The van der Waals surface area contributed by atoms with Crippen molar-refractivity contribution in [3.8, 4) is 11.3 Å². The van der Waals surface area contributed by atoms with Gasteiger partial charge in [-0.05, 0) is 23.8 Å². The van der Waals surface area contributed by atoms with Gasteiger partial charge in [0.2, 0.25) is 0 Å². The number of carboxylic acids is 1. The summed E-state index contributed by atoms with van der Waals surface area (Å²) in [5, 5.41) is 9.47. The lowest BCUT2D eigenvalue weighted by Crippen LogP contribution is -2.16. The molecule has 2 rings (SSSR count). The lowest BCUT2D eigenvalue weighted by Gasteiger charge is -2.04. The second-order valence-electron chi connectivity index (χ2n) is 3.93. The van der Waals surface area contributed by atoms with Crippen LogP contribution in [0.1, 0.15) is 5.56 Å². The number of rotatable bonds is 3. The van der Waals surface area contributed by atoms with Crippen molar-refractivity contribution in [3.63, 3.8) is 0 Å². The predicted octanol–water partition coefficient (Wildman–Crippen LogP) is 2.98. The normalized spacial score (nSPS) is 10.4. The van der Waals surface area contributed by atoms with Gasteiger partial charge in [0, 0.05) is 11.3 Å². The van der Waals surface area contributed by atoms with Crippen molar-refractivity contribution in [2.45, 2.75) is 6.42 Å². The number of hydrogen-bond acceptors (Lipinski definition) is 2. The third-order valence-corrected chi connectivity index (χ3v) is 3.30. The molecule has 0 saturated carbocycles. The molecule has 0 amide bonds. The summed E-state index contributed by atoms with van der Waals surface area (Å²) in [5.41, 5.74) is 1.04. The molecule has 0 aliphatic carbocycles. The largest absolute Gasteiger partial charge is 0.481 e. The molecule has 0 unspecified atom stereocenters. The summed E-state index contributed by atoms with van der Waals surface area (Å²) in [6, 6.07) is 8.11. The molecule has 98 valence electrons. The molecule has 1 aromatic heterocycles. The van der Waals surface area contributed by atoms with E-state index in [4.69, 9.17) is 28.3 Å². The van der Waals surface area contributed by atoms with Crippen molar-refractivity contribution in [2.75, 3.05) is 0 Å². The summed E-state index contributed by atoms with van der Waals surface area (Å²) in [6.07, 6.45) is -0.309. The monoisotopic (exact) mass is 297 g/mol. The number of hydrogen-bond donors (Lipinski definition) is 2. The average molecular weight is 298 g/mol. The first-order valence-corrected chi connectivity index (χ1v) is 6.12. The summed E-state index contributed by atoms with van der Waals surface area (Å²) >= 11 is 11.7.